The van der Waals surface area contributed by atoms with Crippen LogP contribution in [0.1, 0.15) is 25.3 Å². The van der Waals surface area contributed by atoms with E-state index in [1.54, 1.807) is 7.11 Å². The fourth-order valence-electron chi connectivity index (χ4n) is 2.54. The van der Waals surface area contributed by atoms with E-state index >= 15 is 0 Å². The van der Waals surface area contributed by atoms with Crippen molar-refractivity contribution in [3.05, 3.63) is 29.8 Å². The van der Waals surface area contributed by atoms with Gasteiger partial charge in [0.25, 0.3) is 0 Å². The topological polar surface area (TPSA) is 56.5 Å². The molecule has 1 aromatic rings. The Kier molecular flexibility index (Phi) is 4.58. The second-order valence-electron chi connectivity index (χ2n) is 4.85. The third kappa shape index (κ3) is 3.02. The maximum atomic E-state index is 5.88. The van der Waals surface area contributed by atoms with Crippen molar-refractivity contribution in [3.63, 3.8) is 0 Å². The van der Waals surface area contributed by atoms with Gasteiger partial charge in [0.15, 0.2) is 0 Å². The third-order valence-electron chi connectivity index (χ3n) is 3.56. The molecular weight excluding hydrogens is 228 g/mol. The smallest absolute Gasteiger partial charge is 0.122 e. The summed E-state index contributed by atoms with van der Waals surface area (Å²) in [6.45, 7) is 2.11. The molecule has 4 nitrogen and oxygen atoms in total. The number of nitrogens with two attached hydrogens (primary N) is 1. The lowest BCUT2D eigenvalue weighted by atomic mass is 9.99. The number of ether oxygens (including phenoxy) is 2. The van der Waals surface area contributed by atoms with Crippen molar-refractivity contribution in [1.29, 1.82) is 0 Å². The van der Waals surface area contributed by atoms with Crippen LogP contribution in [0.15, 0.2) is 24.3 Å². The van der Waals surface area contributed by atoms with E-state index in [9.17, 15) is 0 Å². The van der Waals surface area contributed by atoms with Crippen LogP contribution in [0, 0.1) is 0 Å². The highest BCUT2D eigenvalue weighted by molar-refractivity contribution is 5.34. The minimum absolute atomic E-state index is 0.131. The fraction of sp³-hybridized carbons (Fsp3) is 0.571. The van der Waals surface area contributed by atoms with Crippen LogP contribution >= 0.6 is 0 Å². The molecule has 0 aromatic heterocycles. The van der Waals surface area contributed by atoms with Crippen LogP contribution in [0.5, 0.6) is 5.75 Å². The van der Waals surface area contributed by atoms with Crippen LogP contribution < -0.4 is 16.0 Å². The Morgan fingerprint density at radius 1 is 1.44 bits per heavy atom. The van der Waals surface area contributed by atoms with Gasteiger partial charge in [0.2, 0.25) is 0 Å². The lowest BCUT2D eigenvalue weighted by Crippen LogP contribution is -2.45. The van der Waals surface area contributed by atoms with Crippen LogP contribution in [0.3, 0.4) is 0 Å². The van der Waals surface area contributed by atoms with Crippen molar-refractivity contribution in [2.24, 2.45) is 5.84 Å². The molecular formula is C14H22N2O2. The summed E-state index contributed by atoms with van der Waals surface area (Å²) in [6.07, 6.45) is 3.51. The lowest BCUT2D eigenvalue weighted by Gasteiger charge is -2.23. The van der Waals surface area contributed by atoms with Gasteiger partial charge in [0, 0.05) is 0 Å². The molecule has 1 saturated heterocycles. The Balaban J connectivity index is 2.05. The average molecular weight is 250 g/mol. The predicted octanol–water partition coefficient (Wildman–Crippen LogP) is 1.64. The molecule has 0 amide bonds. The molecule has 3 atom stereocenters. The van der Waals surface area contributed by atoms with Gasteiger partial charge >= 0.3 is 0 Å². The largest absolute Gasteiger partial charge is 0.496 e. The number of benzene rings is 1. The van der Waals surface area contributed by atoms with Gasteiger partial charge in [-0.3, -0.25) is 11.3 Å². The number of hydrogen-bond acceptors (Lipinski definition) is 4. The summed E-state index contributed by atoms with van der Waals surface area (Å²) in [5, 5.41) is 0. The van der Waals surface area contributed by atoms with E-state index in [0.717, 1.165) is 30.6 Å². The normalized spacial score (nSPS) is 25.1. The third-order valence-corrected chi connectivity index (χ3v) is 3.56. The van der Waals surface area contributed by atoms with Crippen molar-refractivity contribution in [2.45, 2.75) is 44.4 Å². The molecule has 1 aliphatic heterocycles. The van der Waals surface area contributed by atoms with Gasteiger partial charge in [-0.1, -0.05) is 18.2 Å². The SMILES string of the molecule is COc1ccccc1CC(NN)C1CCC(C)O1. The summed E-state index contributed by atoms with van der Waals surface area (Å²) in [7, 11) is 1.69. The average Bonchev–Trinajstić information content (AvgIpc) is 2.83. The highest BCUT2D eigenvalue weighted by Crippen LogP contribution is 2.25. The summed E-state index contributed by atoms with van der Waals surface area (Å²) in [5.74, 6) is 6.57. The molecule has 100 valence electrons. The number of para-hydroxylation sites is 1. The summed E-state index contributed by atoms with van der Waals surface area (Å²) >= 11 is 0. The van der Waals surface area contributed by atoms with Crippen LogP contribution in [0.4, 0.5) is 0 Å². The van der Waals surface area contributed by atoms with Gasteiger partial charge in [0.1, 0.15) is 5.75 Å². The van der Waals surface area contributed by atoms with Crippen molar-refractivity contribution in [3.8, 4) is 5.75 Å². The van der Waals surface area contributed by atoms with E-state index < -0.39 is 0 Å². The van der Waals surface area contributed by atoms with E-state index in [-0.39, 0.29) is 12.1 Å². The molecule has 2 rings (SSSR count). The molecule has 0 aliphatic carbocycles. The highest BCUT2D eigenvalue weighted by Gasteiger charge is 2.29. The standard InChI is InChI=1S/C14H22N2O2/c1-10-7-8-14(18-10)12(16-15)9-11-5-3-4-6-13(11)17-2/h3-6,10,12,14,16H,7-9,15H2,1-2H3. The fourth-order valence-corrected chi connectivity index (χ4v) is 2.54. The number of nitrogens with one attached hydrogen (secondary N) is 1. The Morgan fingerprint density at radius 3 is 2.83 bits per heavy atom. The Bertz CT molecular complexity index is 384. The number of rotatable bonds is 5. The number of hydrogen-bond donors (Lipinski definition) is 2. The summed E-state index contributed by atoms with van der Waals surface area (Å²) in [5.41, 5.74) is 4.04. The van der Waals surface area contributed by atoms with Gasteiger partial charge in [-0.05, 0) is 37.8 Å². The maximum absolute atomic E-state index is 5.88. The van der Waals surface area contributed by atoms with Gasteiger partial charge in [-0.25, -0.2) is 0 Å². The zero-order valence-electron chi connectivity index (χ0n) is 11.1. The van der Waals surface area contributed by atoms with E-state index in [0.29, 0.717) is 6.10 Å². The lowest BCUT2D eigenvalue weighted by molar-refractivity contribution is 0.0319. The molecule has 0 radical (unpaired) electrons. The maximum Gasteiger partial charge on any atom is 0.122 e. The zero-order valence-corrected chi connectivity index (χ0v) is 11.1. The molecule has 1 fully saturated rings. The number of hydrazine groups is 1. The van der Waals surface area contributed by atoms with E-state index in [4.69, 9.17) is 15.3 Å². The van der Waals surface area contributed by atoms with Crippen molar-refractivity contribution in [2.75, 3.05) is 7.11 Å². The minimum Gasteiger partial charge on any atom is -0.496 e. The van der Waals surface area contributed by atoms with Gasteiger partial charge in [-0.2, -0.15) is 0 Å². The molecule has 18 heavy (non-hydrogen) atoms. The van der Waals surface area contributed by atoms with Crippen LogP contribution in [0.2, 0.25) is 0 Å². The number of methoxy groups -OCH3 is 1. The molecule has 0 saturated carbocycles. The molecule has 1 aliphatic rings. The van der Waals surface area contributed by atoms with Gasteiger partial charge in [0.05, 0.1) is 25.4 Å². The molecule has 0 bridgehead atoms. The Labute approximate surface area is 108 Å². The Morgan fingerprint density at radius 2 is 2.22 bits per heavy atom. The first-order valence-corrected chi connectivity index (χ1v) is 6.48. The molecule has 4 heteroatoms. The first kappa shape index (κ1) is 13.3. The molecule has 1 aromatic carbocycles. The Hall–Kier alpha value is -1.10. The molecule has 1 heterocycles. The highest BCUT2D eigenvalue weighted by atomic mass is 16.5. The van der Waals surface area contributed by atoms with E-state index in [1.165, 1.54) is 0 Å². The second-order valence-corrected chi connectivity index (χ2v) is 4.85. The van der Waals surface area contributed by atoms with E-state index in [1.807, 2.05) is 18.2 Å². The second kappa shape index (κ2) is 6.18. The van der Waals surface area contributed by atoms with Crippen LogP contribution in [-0.2, 0) is 11.2 Å². The van der Waals surface area contributed by atoms with Crippen molar-refractivity contribution >= 4 is 0 Å². The predicted molar refractivity (Wildman–Crippen MR) is 71.4 cm³/mol. The van der Waals surface area contributed by atoms with Crippen LogP contribution in [0.25, 0.3) is 0 Å². The van der Waals surface area contributed by atoms with Crippen molar-refractivity contribution < 1.29 is 9.47 Å². The van der Waals surface area contributed by atoms with E-state index in [2.05, 4.69) is 18.4 Å². The van der Waals surface area contributed by atoms with Crippen LogP contribution in [-0.4, -0.2) is 25.4 Å². The summed E-state index contributed by atoms with van der Waals surface area (Å²) in [6, 6.07) is 8.17. The monoisotopic (exact) mass is 250 g/mol. The van der Waals surface area contributed by atoms with Crippen molar-refractivity contribution in [1.82, 2.24) is 5.43 Å². The zero-order chi connectivity index (χ0) is 13.0. The first-order chi connectivity index (χ1) is 8.74. The summed E-state index contributed by atoms with van der Waals surface area (Å²) in [4.78, 5) is 0. The first-order valence-electron chi connectivity index (χ1n) is 6.48. The minimum atomic E-state index is 0.131. The van der Waals surface area contributed by atoms with Gasteiger partial charge < -0.3 is 9.47 Å². The molecule has 3 unspecified atom stereocenters. The molecule has 0 spiro atoms. The van der Waals surface area contributed by atoms with Gasteiger partial charge in [-0.15, -0.1) is 0 Å². The quantitative estimate of drug-likeness (QED) is 0.616. The summed E-state index contributed by atoms with van der Waals surface area (Å²) < 4.78 is 11.2. The molecule has 3 N–H and O–H groups in total.